The molecule has 3 rings (SSSR count). The highest BCUT2D eigenvalue weighted by Crippen LogP contribution is 2.25. The molecule has 1 atom stereocenters. The van der Waals surface area contributed by atoms with Gasteiger partial charge in [0.25, 0.3) is 0 Å². The summed E-state index contributed by atoms with van der Waals surface area (Å²) in [7, 11) is -1.38. The van der Waals surface area contributed by atoms with Crippen LogP contribution in [0.5, 0.6) is 0 Å². The Morgan fingerprint density at radius 3 is 2.55 bits per heavy atom. The molecule has 0 bridgehead atoms. The van der Waals surface area contributed by atoms with Crippen molar-refractivity contribution in [2.24, 2.45) is 0 Å². The fourth-order valence-corrected chi connectivity index (χ4v) is 5.48. The first-order valence-corrected chi connectivity index (χ1v) is 11.9. The van der Waals surface area contributed by atoms with Gasteiger partial charge in [-0.15, -0.1) is 11.3 Å². The number of rotatable bonds is 7. The quantitative estimate of drug-likeness (QED) is 0.677. The van der Waals surface area contributed by atoms with Crippen molar-refractivity contribution in [2.45, 2.75) is 19.4 Å². The number of benzene rings is 1. The highest BCUT2D eigenvalue weighted by Gasteiger charge is 2.29. The Kier molecular flexibility index (Phi) is 6.66. The van der Waals surface area contributed by atoms with Gasteiger partial charge < -0.3 is 10.6 Å². The summed E-state index contributed by atoms with van der Waals surface area (Å²) in [5, 5.41) is 7.84. The Morgan fingerprint density at radius 1 is 1.21 bits per heavy atom. The number of aromatic nitrogens is 1. The summed E-state index contributed by atoms with van der Waals surface area (Å²) in [6.45, 7) is 2.05. The van der Waals surface area contributed by atoms with Crippen molar-refractivity contribution in [3.8, 4) is 11.3 Å². The minimum absolute atomic E-state index is 0.0104. The van der Waals surface area contributed by atoms with Crippen LogP contribution in [0.15, 0.2) is 29.6 Å². The van der Waals surface area contributed by atoms with E-state index in [1.54, 1.807) is 11.9 Å². The second-order valence-electron chi connectivity index (χ2n) is 7.29. The molecule has 2 N–H and O–H groups in total. The van der Waals surface area contributed by atoms with E-state index in [0.717, 1.165) is 11.3 Å². The average molecular weight is 437 g/mol. The van der Waals surface area contributed by atoms with Crippen LogP contribution in [0.1, 0.15) is 12.0 Å². The second-order valence-corrected chi connectivity index (χ2v) is 10.4. The molecule has 0 aliphatic carbocycles. The van der Waals surface area contributed by atoms with E-state index in [4.69, 9.17) is 0 Å². The molecule has 1 aliphatic rings. The molecule has 2 amide bonds. The number of thiazole rings is 1. The Bertz CT molecular complexity index is 986. The van der Waals surface area contributed by atoms with E-state index in [0.29, 0.717) is 11.6 Å². The normalized spacial score (nSPS) is 18.0. The number of sulfone groups is 1. The lowest BCUT2D eigenvalue weighted by Gasteiger charge is -2.17. The molecular formula is C19H24N4O4S2. The van der Waals surface area contributed by atoms with Crippen molar-refractivity contribution in [1.29, 1.82) is 0 Å². The molecule has 8 nitrogen and oxygen atoms in total. The maximum Gasteiger partial charge on any atom is 0.240 e. The molecule has 0 saturated carbocycles. The molecule has 0 spiro atoms. The zero-order valence-corrected chi connectivity index (χ0v) is 18.0. The molecule has 1 fully saturated rings. The summed E-state index contributed by atoms with van der Waals surface area (Å²) in [6.07, 6.45) is 0.436. The third-order valence-corrected chi connectivity index (χ3v) is 7.05. The van der Waals surface area contributed by atoms with Gasteiger partial charge in [-0.2, -0.15) is 0 Å². The Hall–Kier alpha value is -2.30. The van der Waals surface area contributed by atoms with E-state index in [1.165, 1.54) is 16.9 Å². The Labute approximate surface area is 174 Å². The van der Waals surface area contributed by atoms with E-state index in [9.17, 15) is 18.0 Å². The number of aryl methyl sites for hydroxylation is 1. The topological polar surface area (TPSA) is 108 Å². The summed E-state index contributed by atoms with van der Waals surface area (Å²) in [6, 6.07) is 7.64. The van der Waals surface area contributed by atoms with Crippen LogP contribution in [0, 0.1) is 6.92 Å². The smallest absolute Gasteiger partial charge is 0.240 e. The van der Waals surface area contributed by atoms with Gasteiger partial charge in [-0.3, -0.25) is 14.5 Å². The SMILES string of the molecule is Cc1ccc(-c2csc(NC(=O)CN(C)CC(=O)NC3CCS(=O)(=O)C3)n2)cc1. The number of amides is 2. The molecule has 1 aliphatic heterocycles. The minimum atomic E-state index is -3.04. The fraction of sp³-hybridized carbons (Fsp3) is 0.421. The summed E-state index contributed by atoms with van der Waals surface area (Å²) < 4.78 is 22.9. The van der Waals surface area contributed by atoms with E-state index >= 15 is 0 Å². The number of hydrogen-bond donors (Lipinski definition) is 2. The molecule has 1 saturated heterocycles. The van der Waals surface area contributed by atoms with Crippen LogP contribution < -0.4 is 10.6 Å². The van der Waals surface area contributed by atoms with Crippen molar-refractivity contribution in [3.05, 3.63) is 35.2 Å². The number of hydrogen-bond acceptors (Lipinski definition) is 7. The van der Waals surface area contributed by atoms with E-state index < -0.39 is 9.84 Å². The van der Waals surface area contributed by atoms with Crippen molar-refractivity contribution in [3.63, 3.8) is 0 Å². The summed E-state index contributed by atoms with van der Waals surface area (Å²) in [5.41, 5.74) is 2.94. The van der Waals surface area contributed by atoms with Gasteiger partial charge in [-0.1, -0.05) is 29.8 Å². The number of likely N-dealkylation sites (N-methyl/N-ethyl adjacent to an activating group) is 1. The monoisotopic (exact) mass is 436 g/mol. The van der Waals surface area contributed by atoms with Gasteiger partial charge in [0.05, 0.1) is 30.3 Å². The summed E-state index contributed by atoms with van der Waals surface area (Å²) in [4.78, 5) is 30.3. The predicted molar refractivity (Wildman–Crippen MR) is 114 cm³/mol. The minimum Gasteiger partial charge on any atom is -0.351 e. The number of anilines is 1. The number of carbonyl (C=O) groups excluding carboxylic acids is 2. The maximum absolute atomic E-state index is 12.2. The van der Waals surface area contributed by atoms with E-state index in [2.05, 4.69) is 15.6 Å². The molecular weight excluding hydrogens is 412 g/mol. The zero-order valence-electron chi connectivity index (χ0n) is 16.3. The van der Waals surface area contributed by atoms with Crippen LogP contribution in [0.25, 0.3) is 11.3 Å². The summed E-state index contributed by atoms with van der Waals surface area (Å²) >= 11 is 1.34. The molecule has 1 aromatic carbocycles. The van der Waals surface area contributed by atoms with Crippen LogP contribution in [0.4, 0.5) is 5.13 Å². The number of carbonyl (C=O) groups is 2. The number of nitrogens with zero attached hydrogens (tertiary/aromatic N) is 2. The lowest BCUT2D eigenvalue weighted by atomic mass is 10.1. The third-order valence-electron chi connectivity index (χ3n) is 4.52. The third kappa shape index (κ3) is 6.34. The molecule has 0 radical (unpaired) electrons. The lowest BCUT2D eigenvalue weighted by molar-refractivity contribution is -0.123. The van der Waals surface area contributed by atoms with Crippen LogP contribution >= 0.6 is 11.3 Å². The second kappa shape index (κ2) is 9.02. The Morgan fingerprint density at radius 2 is 1.90 bits per heavy atom. The molecule has 2 heterocycles. The summed E-state index contributed by atoms with van der Waals surface area (Å²) in [5.74, 6) is -0.475. The van der Waals surface area contributed by atoms with E-state index in [-0.39, 0.29) is 42.5 Å². The first-order valence-electron chi connectivity index (χ1n) is 9.21. The van der Waals surface area contributed by atoms with Crippen LogP contribution in [-0.2, 0) is 19.4 Å². The zero-order chi connectivity index (χ0) is 21.0. The van der Waals surface area contributed by atoms with Gasteiger partial charge in [0.1, 0.15) is 0 Å². The van der Waals surface area contributed by atoms with Crippen molar-refractivity contribution in [2.75, 3.05) is 37.0 Å². The van der Waals surface area contributed by atoms with Crippen molar-refractivity contribution in [1.82, 2.24) is 15.2 Å². The number of nitrogens with one attached hydrogen (secondary N) is 2. The van der Waals surface area contributed by atoms with Gasteiger partial charge in [-0.25, -0.2) is 13.4 Å². The highest BCUT2D eigenvalue weighted by atomic mass is 32.2. The van der Waals surface area contributed by atoms with Crippen molar-refractivity contribution >= 4 is 38.1 Å². The van der Waals surface area contributed by atoms with Gasteiger partial charge in [0, 0.05) is 17.0 Å². The first-order chi connectivity index (χ1) is 13.7. The molecule has 156 valence electrons. The first kappa shape index (κ1) is 21.4. The fourth-order valence-electron chi connectivity index (χ4n) is 3.08. The molecule has 1 unspecified atom stereocenters. The van der Waals surface area contributed by atoms with Gasteiger partial charge in [-0.05, 0) is 20.4 Å². The maximum atomic E-state index is 12.2. The van der Waals surface area contributed by atoms with Gasteiger partial charge in [0.2, 0.25) is 11.8 Å². The average Bonchev–Trinajstić information content (AvgIpc) is 3.21. The highest BCUT2D eigenvalue weighted by molar-refractivity contribution is 7.91. The molecule has 10 heteroatoms. The van der Waals surface area contributed by atoms with E-state index in [1.807, 2.05) is 36.6 Å². The molecule has 1 aromatic heterocycles. The lowest BCUT2D eigenvalue weighted by Crippen LogP contribution is -2.43. The Balaban J connectivity index is 1.45. The van der Waals surface area contributed by atoms with Crippen LogP contribution in [-0.4, -0.2) is 67.8 Å². The van der Waals surface area contributed by atoms with Crippen LogP contribution in [0.3, 0.4) is 0 Å². The van der Waals surface area contributed by atoms with Gasteiger partial charge >= 0.3 is 0 Å². The largest absolute Gasteiger partial charge is 0.351 e. The predicted octanol–water partition coefficient (Wildman–Crippen LogP) is 1.29. The molecule has 29 heavy (non-hydrogen) atoms. The molecule has 2 aromatic rings. The standard InChI is InChI=1S/C19H24N4O4S2/c1-13-3-5-14(6-4-13)16-11-28-19(21-16)22-18(25)10-23(2)9-17(24)20-15-7-8-29(26,27)12-15/h3-6,11,15H,7-10,12H2,1-2H3,(H,20,24)(H,21,22,25). The van der Waals surface area contributed by atoms with Crippen molar-refractivity contribution < 1.29 is 18.0 Å². The van der Waals surface area contributed by atoms with Crippen LogP contribution in [0.2, 0.25) is 0 Å². The van der Waals surface area contributed by atoms with Gasteiger partial charge in [0.15, 0.2) is 15.0 Å².